The number of methoxy groups -OCH3 is 2. The molecule has 0 bridgehead atoms. The number of hydrogen-bond acceptors (Lipinski definition) is 6. The van der Waals surface area contributed by atoms with Crippen LogP contribution in [0.25, 0.3) is 11.1 Å². The first-order valence-electron chi connectivity index (χ1n) is 11.8. The summed E-state index contributed by atoms with van der Waals surface area (Å²) in [6.07, 6.45) is -0.520. The highest BCUT2D eigenvalue weighted by molar-refractivity contribution is 5.90. The topological polar surface area (TPSA) is 90.9 Å². The normalized spacial score (nSPS) is 12.7. The van der Waals surface area contributed by atoms with Crippen molar-refractivity contribution in [3.05, 3.63) is 89.5 Å². The van der Waals surface area contributed by atoms with Crippen molar-refractivity contribution in [2.24, 2.45) is 0 Å². The van der Waals surface area contributed by atoms with Gasteiger partial charge in [-0.05, 0) is 46.4 Å². The van der Waals surface area contributed by atoms with Crippen molar-refractivity contribution in [2.75, 3.05) is 20.8 Å². The van der Waals surface area contributed by atoms with Gasteiger partial charge in [0.05, 0.1) is 26.7 Å². The van der Waals surface area contributed by atoms with Crippen molar-refractivity contribution in [1.29, 1.82) is 0 Å². The van der Waals surface area contributed by atoms with Crippen LogP contribution in [-0.4, -0.2) is 44.7 Å². The fourth-order valence-electron chi connectivity index (χ4n) is 4.53. The van der Waals surface area contributed by atoms with Crippen LogP contribution in [0.4, 0.5) is 4.79 Å². The Morgan fingerprint density at radius 3 is 2.03 bits per heavy atom. The van der Waals surface area contributed by atoms with Gasteiger partial charge in [-0.1, -0.05) is 60.7 Å². The summed E-state index contributed by atoms with van der Waals surface area (Å²) in [5.41, 5.74) is 5.33. The number of carbonyl (C=O) groups is 3. The van der Waals surface area contributed by atoms with E-state index in [1.165, 1.54) is 7.11 Å². The quantitative estimate of drug-likeness (QED) is 0.418. The molecule has 0 saturated carbocycles. The molecule has 3 aromatic rings. The number of Topliss-reactive ketones (excluding diaryl/α,β-unsaturated/α-hetero) is 1. The van der Waals surface area contributed by atoms with Gasteiger partial charge in [-0.15, -0.1) is 0 Å². The van der Waals surface area contributed by atoms with Gasteiger partial charge in [-0.25, -0.2) is 4.79 Å². The first kappa shape index (κ1) is 25.0. The van der Waals surface area contributed by atoms with Crippen LogP contribution in [0.15, 0.2) is 72.8 Å². The number of fused-ring (bicyclic) bond motifs is 3. The van der Waals surface area contributed by atoms with Crippen LogP contribution in [0.3, 0.4) is 0 Å². The molecular formula is C29H29NO6. The highest BCUT2D eigenvalue weighted by atomic mass is 16.5. The first-order chi connectivity index (χ1) is 17.5. The van der Waals surface area contributed by atoms with Gasteiger partial charge in [0.2, 0.25) is 0 Å². The second-order valence-electron chi connectivity index (χ2n) is 8.62. The zero-order chi connectivity index (χ0) is 25.5. The average molecular weight is 488 g/mol. The molecule has 0 aliphatic heterocycles. The summed E-state index contributed by atoms with van der Waals surface area (Å²) in [7, 11) is 2.85. The zero-order valence-electron chi connectivity index (χ0n) is 20.4. The molecule has 1 N–H and O–H groups in total. The minimum atomic E-state index is -0.848. The van der Waals surface area contributed by atoms with E-state index in [1.807, 2.05) is 48.5 Å². The fraction of sp³-hybridized carbons (Fsp3) is 0.276. The number of esters is 1. The summed E-state index contributed by atoms with van der Waals surface area (Å²) in [6.45, 7) is 0.144. The summed E-state index contributed by atoms with van der Waals surface area (Å²) >= 11 is 0. The zero-order valence-corrected chi connectivity index (χ0v) is 20.4. The largest absolute Gasteiger partial charge is 0.497 e. The molecule has 1 aliphatic carbocycles. The van der Waals surface area contributed by atoms with Gasteiger partial charge >= 0.3 is 12.1 Å². The Hall–Kier alpha value is -4.13. The second kappa shape index (κ2) is 11.5. The Bertz CT molecular complexity index is 1190. The van der Waals surface area contributed by atoms with Crippen molar-refractivity contribution in [3.63, 3.8) is 0 Å². The van der Waals surface area contributed by atoms with Gasteiger partial charge in [-0.3, -0.25) is 9.59 Å². The third-order valence-electron chi connectivity index (χ3n) is 6.43. The SMILES string of the molecule is COC(=O)CCC(=O)[C@H](Cc1ccc(OC)cc1)NC(=O)OCC1c2ccccc2-c2ccccc21. The predicted molar refractivity (Wildman–Crippen MR) is 135 cm³/mol. The van der Waals surface area contributed by atoms with Gasteiger partial charge in [0.1, 0.15) is 12.4 Å². The predicted octanol–water partition coefficient (Wildman–Crippen LogP) is 4.67. The molecule has 1 amide bonds. The standard InChI is InChI=1S/C29H29NO6/c1-34-20-13-11-19(12-14-20)17-26(27(31)15-16-28(32)35-2)30-29(33)36-18-25-23-9-5-3-7-21(23)22-8-4-6-10-24(22)25/h3-14,25-26H,15-18H2,1-2H3,(H,30,33)/t26-/m0/s1. The van der Waals surface area contributed by atoms with E-state index in [1.54, 1.807) is 19.2 Å². The van der Waals surface area contributed by atoms with Gasteiger partial charge in [-0.2, -0.15) is 0 Å². The molecule has 0 unspecified atom stereocenters. The highest BCUT2D eigenvalue weighted by Crippen LogP contribution is 2.44. The Morgan fingerprint density at radius 1 is 0.833 bits per heavy atom. The number of rotatable bonds is 10. The van der Waals surface area contributed by atoms with Gasteiger partial charge < -0.3 is 19.5 Å². The van der Waals surface area contributed by atoms with Crippen LogP contribution < -0.4 is 10.1 Å². The van der Waals surface area contributed by atoms with Crippen LogP contribution in [0, 0.1) is 0 Å². The van der Waals surface area contributed by atoms with E-state index in [-0.39, 0.29) is 37.6 Å². The van der Waals surface area contributed by atoms with E-state index in [9.17, 15) is 14.4 Å². The van der Waals surface area contributed by atoms with Gasteiger partial charge in [0, 0.05) is 12.3 Å². The molecule has 0 spiro atoms. The maximum Gasteiger partial charge on any atom is 0.407 e. The van der Waals surface area contributed by atoms with Crippen molar-refractivity contribution in [1.82, 2.24) is 5.32 Å². The first-order valence-corrected chi connectivity index (χ1v) is 11.8. The summed E-state index contributed by atoms with van der Waals surface area (Å²) in [4.78, 5) is 37.3. The molecule has 7 nitrogen and oxygen atoms in total. The molecule has 0 saturated heterocycles. The van der Waals surface area contributed by atoms with Crippen LogP contribution in [-0.2, 0) is 25.5 Å². The molecule has 186 valence electrons. The van der Waals surface area contributed by atoms with Crippen LogP contribution >= 0.6 is 0 Å². The Morgan fingerprint density at radius 2 is 1.44 bits per heavy atom. The molecule has 0 heterocycles. The van der Waals surface area contributed by atoms with E-state index >= 15 is 0 Å². The molecular weight excluding hydrogens is 458 g/mol. The van der Waals surface area contributed by atoms with Crippen molar-refractivity contribution in [3.8, 4) is 16.9 Å². The molecule has 0 aromatic heterocycles. The minimum Gasteiger partial charge on any atom is -0.497 e. The third-order valence-corrected chi connectivity index (χ3v) is 6.43. The number of alkyl carbamates (subject to hydrolysis) is 1. The molecule has 7 heteroatoms. The number of nitrogens with one attached hydrogen (secondary N) is 1. The maximum absolute atomic E-state index is 12.9. The van der Waals surface area contributed by atoms with Crippen LogP contribution in [0.5, 0.6) is 5.75 Å². The molecule has 1 atom stereocenters. The Labute approximate surface area is 210 Å². The van der Waals surface area contributed by atoms with E-state index in [2.05, 4.69) is 22.2 Å². The number of hydrogen-bond donors (Lipinski definition) is 1. The lowest BCUT2D eigenvalue weighted by Gasteiger charge is -2.19. The number of benzene rings is 3. The lowest BCUT2D eigenvalue weighted by molar-refractivity contribution is -0.142. The van der Waals surface area contributed by atoms with Crippen LogP contribution in [0.2, 0.25) is 0 Å². The second-order valence-corrected chi connectivity index (χ2v) is 8.62. The molecule has 0 fully saturated rings. The Balaban J connectivity index is 1.44. The third kappa shape index (κ3) is 5.74. The van der Waals surface area contributed by atoms with Gasteiger partial charge in [0.25, 0.3) is 0 Å². The fourth-order valence-corrected chi connectivity index (χ4v) is 4.53. The van der Waals surface area contributed by atoms with E-state index in [0.29, 0.717) is 5.75 Å². The van der Waals surface area contributed by atoms with Crippen molar-refractivity contribution in [2.45, 2.75) is 31.2 Å². The Kier molecular flexibility index (Phi) is 8.00. The number of amides is 1. The molecule has 1 aliphatic rings. The monoisotopic (exact) mass is 487 g/mol. The number of ether oxygens (including phenoxy) is 3. The maximum atomic E-state index is 12.9. The smallest absolute Gasteiger partial charge is 0.407 e. The summed E-state index contributed by atoms with van der Waals surface area (Å²) in [5.74, 6) is -0.146. The molecule has 4 rings (SSSR count). The van der Waals surface area contributed by atoms with Crippen molar-refractivity contribution < 1.29 is 28.6 Å². The number of ketones is 1. The highest BCUT2D eigenvalue weighted by Gasteiger charge is 2.30. The molecule has 3 aromatic carbocycles. The lowest BCUT2D eigenvalue weighted by Crippen LogP contribution is -2.43. The summed E-state index contributed by atoms with van der Waals surface area (Å²) in [5, 5.41) is 2.71. The number of carbonyl (C=O) groups excluding carboxylic acids is 3. The van der Waals surface area contributed by atoms with E-state index in [0.717, 1.165) is 27.8 Å². The minimum absolute atomic E-state index is 0.0445. The molecule has 36 heavy (non-hydrogen) atoms. The summed E-state index contributed by atoms with van der Waals surface area (Å²) < 4.78 is 15.5. The van der Waals surface area contributed by atoms with Crippen molar-refractivity contribution >= 4 is 17.8 Å². The average Bonchev–Trinajstić information content (AvgIpc) is 3.24. The van der Waals surface area contributed by atoms with E-state index < -0.39 is 18.1 Å². The van der Waals surface area contributed by atoms with E-state index in [4.69, 9.17) is 9.47 Å². The van der Waals surface area contributed by atoms with Crippen LogP contribution in [0.1, 0.15) is 35.4 Å². The van der Waals surface area contributed by atoms with Gasteiger partial charge in [0.15, 0.2) is 5.78 Å². The molecule has 0 radical (unpaired) electrons. The lowest BCUT2D eigenvalue weighted by atomic mass is 9.98. The summed E-state index contributed by atoms with van der Waals surface area (Å²) in [6, 6.07) is 22.6.